The Labute approximate surface area is 118 Å². The molecular weight excluding hydrogens is 230 g/mol. The summed E-state index contributed by atoms with van der Waals surface area (Å²) in [6.07, 6.45) is 9.24. The Morgan fingerprint density at radius 1 is 0.684 bits per heavy atom. The van der Waals surface area contributed by atoms with Crippen molar-refractivity contribution >= 4 is 0 Å². The van der Waals surface area contributed by atoms with Crippen molar-refractivity contribution in [2.24, 2.45) is 47.3 Å². The third-order valence-electron chi connectivity index (χ3n) is 7.84. The second-order valence-electron chi connectivity index (χ2n) is 8.37. The maximum absolute atomic E-state index is 3.90. The number of hydrogen-bond donors (Lipinski definition) is 1. The van der Waals surface area contributed by atoms with Gasteiger partial charge in [0.15, 0.2) is 0 Å². The Morgan fingerprint density at radius 2 is 1.11 bits per heavy atom. The van der Waals surface area contributed by atoms with E-state index in [1.54, 1.807) is 12.8 Å². The first kappa shape index (κ1) is 12.7. The van der Waals surface area contributed by atoms with Gasteiger partial charge in [0.1, 0.15) is 0 Å². The number of nitrogens with one attached hydrogen (secondary N) is 1. The summed E-state index contributed by atoms with van der Waals surface area (Å²) in [6.45, 7) is 7.69. The van der Waals surface area contributed by atoms with Gasteiger partial charge in [-0.15, -0.1) is 0 Å². The highest BCUT2D eigenvalue weighted by atomic mass is 14.9. The summed E-state index contributed by atoms with van der Waals surface area (Å²) in [4.78, 5) is 0. The molecule has 0 aromatic rings. The average Bonchev–Trinajstić information content (AvgIpc) is 3.14. The van der Waals surface area contributed by atoms with Gasteiger partial charge in [-0.3, -0.25) is 0 Å². The van der Waals surface area contributed by atoms with Crippen molar-refractivity contribution in [1.82, 2.24) is 5.32 Å². The number of rotatable bonds is 4. The maximum atomic E-state index is 3.90. The first-order valence-electron chi connectivity index (χ1n) is 8.94. The van der Waals surface area contributed by atoms with Crippen LogP contribution in [0.5, 0.6) is 0 Å². The molecule has 0 saturated heterocycles. The van der Waals surface area contributed by atoms with Crippen molar-refractivity contribution in [1.29, 1.82) is 0 Å². The molecule has 0 unspecified atom stereocenters. The fraction of sp³-hybridized carbons (Fsp3) is 1.00. The molecule has 0 radical (unpaired) electrons. The van der Waals surface area contributed by atoms with Gasteiger partial charge in [-0.05, 0) is 99.0 Å². The Hall–Kier alpha value is -0.0400. The normalized spacial score (nSPS) is 55.3. The van der Waals surface area contributed by atoms with E-state index >= 15 is 0 Å². The van der Waals surface area contributed by atoms with Crippen molar-refractivity contribution in [2.45, 2.75) is 52.4 Å². The molecule has 0 heterocycles. The van der Waals surface area contributed by atoms with Crippen LogP contribution in [0.1, 0.15) is 52.4 Å². The minimum absolute atomic E-state index is 1.00. The zero-order valence-electron chi connectivity index (χ0n) is 12.8. The molecule has 108 valence electrons. The van der Waals surface area contributed by atoms with Crippen LogP contribution in [0.2, 0.25) is 0 Å². The second-order valence-corrected chi connectivity index (χ2v) is 8.37. The van der Waals surface area contributed by atoms with Gasteiger partial charge >= 0.3 is 0 Å². The van der Waals surface area contributed by atoms with Gasteiger partial charge < -0.3 is 5.32 Å². The molecule has 1 N–H and O–H groups in total. The quantitative estimate of drug-likeness (QED) is 0.808. The predicted octanol–water partition coefficient (Wildman–Crippen LogP) is 3.94. The van der Waals surface area contributed by atoms with Gasteiger partial charge in [0, 0.05) is 0 Å². The van der Waals surface area contributed by atoms with Crippen LogP contribution in [0.3, 0.4) is 0 Å². The van der Waals surface area contributed by atoms with Crippen LogP contribution in [0, 0.1) is 47.3 Å². The lowest BCUT2D eigenvalue weighted by atomic mass is 9.79. The average molecular weight is 261 g/mol. The largest absolute Gasteiger partial charge is 0.316 e. The van der Waals surface area contributed by atoms with Gasteiger partial charge in [-0.2, -0.15) is 0 Å². The van der Waals surface area contributed by atoms with E-state index in [1.807, 2.05) is 0 Å². The fourth-order valence-electron chi connectivity index (χ4n) is 6.52. The van der Waals surface area contributed by atoms with Gasteiger partial charge in [0.25, 0.3) is 0 Å². The van der Waals surface area contributed by atoms with E-state index in [-0.39, 0.29) is 0 Å². The van der Waals surface area contributed by atoms with Crippen LogP contribution < -0.4 is 5.32 Å². The molecule has 4 saturated carbocycles. The zero-order valence-corrected chi connectivity index (χ0v) is 12.8. The van der Waals surface area contributed by atoms with Crippen LogP contribution in [0.25, 0.3) is 0 Å². The minimum atomic E-state index is 1.00. The third-order valence-corrected chi connectivity index (χ3v) is 7.84. The SMILES string of the molecule is C[C@@H]1[C@@H]2CC[C@H](C2)[C@@H]1CNC[C@H]1[C@H]2CC[C@@H](C2)[C@@H]1C. The molecule has 0 aromatic heterocycles. The molecule has 4 rings (SSSR count). The van der Waals surface area contributed by atoms with Gasteiger partial charge in [0.05, 0.1) is 0 Å². The summed E-state index contributed by atoms with van der Waals surface area (Å²) in [5, 5.41) is 3.90. The molecule has 0 aromatic carbocycles. The molecule has 4 bridgehead atoms. The monoisotopic (exact) mass is 261 g/mol. The first-order valence-corrected chi connectivity index (χ1v) is 8.94. The summed E-state index contributed by atoms with van der Waals surface area (Å²) < 4.78 is 0. The highest BCUT2D eigenvalue weighted by Crippen LogP contribution is 2.53. The topological polar surface area (TPSA) is 12.0 Å². The number of hydrogen-bond acceptors (Lipinski definition) is 1. The summed E-state index contributed by atoms with van der Waals surface area (Å²) in [7, 11) is 0. The lowest BCUT2D eigenvalue weighted by Gasteiger charge is -2.32. The van der Waals surface area contributed by atoms with Crippen LogP contribution in [0.15, 0.2) is 0 Å². The van der Waals surface area contributed by atoms with Crippen molar-refractivity contribution in [3.05, 3.63) is 0 Å². The first-order chi connectivity index (χ1) is 9.24. The highest BCUT2D eigenvalue weighted by molar-refractivity contribution is 4.97. The molecule has 4 fully saturated rings. The van der Waals surface area contributed by atoms with E-state index in [4.69, 9.17) is 0 Å². The molecule has 1 heteroatoms. The van der Waals surface area contributed by atoms with Crippen molar-refractivity contribution in [3.63, 3.8) is 0 Å². The van der Waals surface area contributed by atoms with Crippen molar-refractivity contribution < 1.29 is 0 Å². The van der Waals surface area contributed by atoms with Crippen molar-refractivity contribution in [3.8, 4) is 0 Å². The highest BCUT2D eigenvalue weighted by Gasteiger charge is 2.46. The van der Waals surface area contributed by atoms with Crippen LogP contribution in [-0.2, 0) is 0 Å². The summed E-state index contributed by atoms with van der Waals surface area (Å²) in [5.41, 5.74) is 0. The standard InChI is InChI=1S/C18H31N/c1-11-13-3-5-15(7-13)17(11)9-19-10-18-12(2)14-4-6-16(18)8-14/h11-19H,3-10H2,1-2H3/t11-,12+,13-,14+,15-,16+,17-,18-/m1/s1. The molecular formula is C18H31N. The predicted molar refractivity (Wildman–Crippen MR) is 79.8 cm³/mol. The molecule has 8 atom stereocenters. The van der Waals surface area contributed by atoms with Crippen molar-refractivity contribution in [2.75, 3.05) is 13.1 Å². The molecule has 0 spiro atoms. The second kappa shape index (κ2) is 4.76. The van der Waals surface area contributed by atoms with E-state index in [0.717, 1.165) is 47.3 Å². The summed E-state index contributed by atoms with van der Waals surface area (Å²) in [5.74, 6) is 8.33. The molecule has 4 aliphatic carbocycles. The molecule has 0 amide bonds. The fourth-order valence-corrected chi connectivity index (χ4v) is 6.52. The van der Waals surface area contributed by atoms with E-state index in [1.165, 1.54) is 38.8 Å². The van der Waals surface area contributed by atoms with Crippen LogP contribution in [-0.4, -0.2) is 13.1 Å². The lowest BCUT2D eigenvalue weighted by Crippen LogP contribution is -2.36. The van der Waals surface area contributed by atoms with Gasteiger partial charge in [-0.1, -0.05) is 13.8 Å². The molecule has 0 aliphatic heterocycles. The van der Waals surface area contributed by atoms with E-state index in [2.05, 4.69) is 19.2 Å². The number of fused-ring (bicyclic) bond motifs is 4. The Balaban J connectivity index is 1.28. The van der Waals surface area contributed by atoms with Crippen LogP contribution >= 0.6 is 0 Å². The summed E-state index contributed by atoms with van der Waals surface area (Å²) in [6, 6.07) is 0. The minimum Gasteiger partial charge on any atom is -0.316 e. The molecule has 19 heavy (non-hydrogen) atoms. The summed E-state index contributed by atoms with van der Waals surface area (Å²) >= 11 is 0. The lowest BCUT2D eigenvalue weighted by molar-refractivity contribution is 0.202. The van der Waals surface area contributed by atoms with Gasteiger partial charge in [0.2, 0.25) is 0 Å². The zero-order chi connectivity index (χ0) is 13.0. The Morgan fingerprint density at radius 3 is 1.47 bits per heavy atom. The van der Waals surface area contributed by atoms with Crippen LogP contribution in [0.4, 0.5) is 0 Å². The van der Waals surface area contributed by atoms with E-state index < -0.39 is 0 Å². The van der Waals surface area contributed by atoms with E-state index in [0.29, 0.717) is 0 Å². The van der Waals surface area contributed by atoms with E-state index in [9.17, 15) is 0 Å². The third kappa shape index (κ3) is 1.99. The Bertz CT molecular complexity index is 303. The smallest absolute Gasteiger partial charge is 0.00151 e. The molecule has 4 aliphatic rings. The maximum Gasteiger partial charge on any atom is -0.00151 e. The van der Waals surface area contributed by atoms with Gasteiger partial charge in [-0.25, -0.2) is 0 Å². The Kier molecular flexibility index (Phi) is 3.17. The molecule has 1 nitrogen and oxygen atoms in total.